The molecule has 0 aliphatic carbocycles. The number of pyridine rings is 1. The van der Waals surface area contributed by atoms with E-state index in [2.05, 4.69) is 171 Å². The monoisotopic (exact) mass is 774 g/mol. The number of anilines is 4. The lowest BCUT2D eigenvalue weighted by atomic mass is 9.88. The molecule has 6 aromatic carbocycles. The zero-order chi connectivity index (χ0) is 39.4. The molecule has 6 nitrogen and oxygen atoms in total. The topological polar surface area (TPSA) is 46.7 Å². The van der Waals surface area contributed by atoms with Gasteiger partial charge in [0, 0.05) is 60.3 Å². The van der Waals surface area contributed by atoms with Crippen molar-refractivity contribution in [2.45, 2.75) is 47.0 Å². The van der Waals surface area contributed by atoms with Crippen molar-refractivity contribution in [3.05, 3.63) is 156 Å². The number of aryl methyl sites for hydroxylation is 3. The molecule has 284 valence electrons. The summed E-state index contributed by atoms with van der Waals surface area (Å²) >= 11 is 1.84. The van der Waals surface area contributed by atoms with Crippen LogP contribution in [0.4, 0.5) is 22.9 Å². The Morgan fingerprint density at radius 3 is 2.24 bits per heavy atom. The predicted octanol–water partition coefficient (Wildman–Crippen LogP) is 14.6. The number of aromatic nitrogens is 2. The van der Waals surface area contributed by atoms with Gasteiger partial charge in [0.15, 0.2) is 0 Å². The zero-order valence-corrected chi connectivity index (χ0v) is 34.2. The minimum absolute atomic E-state index is 0.0339. The molecule has 11 rings (SSSR count). The van der Waals surface area contributed by atoms with Crippen LogP contribution in [0.2, 0.25) is 0 Å². The first-order valence-corrected chi connectivity index (χ1v) is 20.7. The molecule has 1 aliphatic heterocycles. The summed E-state index contributed by atoms with van der Waals surface area (Å²) in [6.45, 7) is 13.9. The standard InChI is InChI=1S/C51H42N4O2S/c1-30-24-31(2)47(32(3)25-30)54-29-53(49-39-14-7-9-16-42(39)57-50(49)54)34-12-11-13-35(27-34)56-36-18-19-37-38-20-21-44-46(40-15-8-10-17-43(40)58-44)48(38)55(41(37)28-36)45-26-33(22-23-52-45)51(4,5)6/h7-28H,29H2,1-6H3. The zero-order valence-electron chi connectivity index (χ0n) is 33.4. The highest BCUT2D eigenvalue weighted by atomic mass is 32.1. The SMILES string of the molecule is Cc1cc(C)c(N2CN(c3cccc(Oc4ccc5c6ccc7sc8ccccc8c7c6n(-c6cc(C(C)(C)C)ccn6)c5c4)c3)c3c2oc2ccccc32)c(C)c1. The number of nitrogens with zero attached hydrogens (tertiary/aromatic N) is 4. The number of hydrogen-bond acceptors (Lipinski definition) is 6. The van der Waals surface area contributed by atoms with E-state index in [-0.39, 0.29) is 5.41 Å². The first-order valence-electron chi connectivity index (χ1n) is 19.9. The van der Waals surface area contributed by atoms with Gasteiger partial charge in [-0.1, -0.05) is 80.9 Å². The van der Waals surface area contributed by atoms with Gasteiger partial charge in [0.2, 0.25) is 5.88 Å². The molecule has 58 heavy (non-hydrogen) atoms. The number of rotatable bonds is 5. The van der Waals surface area contributed by atoms with Crippen LogP contribution in [0.5, 0.6) is 11.5 Å². The Hall–Kier alpha value is -6.57. The molecule has 7 heteroatoms. The van der Waals surface area contributed by atoms with Gasteiger partial charge >= 0.3 is 0 Å². The fourth-order valence-electron chi connectivity index (χ4n) is 9.17. The fourth-order valence-corrected chi connectivity index (χ4v) is 10.3. The number of benzene rings is 6. The van der Waals surface area contributed by atoms with Crippen LogP contribution >= 0.6 is 11.3 Å². The number of furan rings is 1. The normalized spacial score (nSPS) is 13.2. The van der Waals surface area contributed by atoms with Crippen molar-refractivity contribution in [1.82, 2.24) is 9.55 Å². The number of hydrogen-bond donors (Lipinski definition) is 0. The Labute approximate surface area is 341 Å². The molecule has 0 N–H and O–H groups in total. The molecule has 0 unspecified atom stereocenters. The molecule has 0 bridgehead atoms. The molecule has 0 spiro atoms. The third-order valence-corrected chi connectivity index (χ3v) is 12.8. The third-order valence-electron chi connectivity index (χ3n) is 11.7. The van der Waals surface area contributed by atoms with E-state index in [9.17, 15) is 0 Å². The molecule has 0 saturated carbocycles. The van der Waals surface area contributed by atoms with Crippen molar-refractivity contribution >= 4 is 87.2 Å². The predicted molar refractivity (Wildman–Crippen MR) is 243 cm³/mol. The van der Waals surface area contributed by atoms with Crippen molar-refractivity contribution in [2.75, 3.05) is 16.5 Å². The van der Waals surface area contributed by atoms with E-state index < -0.39 is 0 Å². The van der Waals surface area contributed by atoms with Crippen molar-refractivity contribution < 1.29 is 9.15 Å². The van der Waals surface area contributed by atoms with Gasteiger partial charge in [0.25, 0.3) is 0 Å². The summed E-state index contributed by atoms with van der Waals surface area (Å²) in [5.74, 6) is 3.28. The molecule has 0 atom stereocenters. The summed E-state index contributed by atoms with van der Waals surface area (Å²) < 4.78 is 18.3. The van der Waals surface area contributed by atoms with Gasteiger partial charge in [-0.3, -0.25) is 9.47 Å². The first kappa shape index (κ1) is 34.7. The molecular formula is C51H42N4O2S. The lowest BCUT2D eigenvalue weighted by Gasteiger charge is -2.25. The minimum Gasteiger partial charge on any atom is -0.457 e. The summed E-state index contributed by atoms with van der Waals surface area (Å²) in [6.07, 6.45) is 1.95. The number of ether oxygens (including phenoxy) is 1. The Kier molecular flexibility index (Phi) is 7.60. The van der Waals surface area contributed by atoms with Crippen LogP contribution in [0.25, 0.3) is 58.8 Å². The van der Waals surface area contributed by atoms with E-state index in [0.717, 1.165) is 56.4 Å². The van der Waals surface area contributed by atoms with Crippen molar-refractivity contribution in [3.8, 4) is 17.3 Å². The fraction of sp³-hybridized carbons (Fsp3) is 0.157. The summed E-state index contributed by atoms with van der Waals surface area (Å²) in [7, 11) is 0. The van der Waals surface area contributed by atoms with Gasteiger partial charge in [-0.25, -0.2) is 4.98 Å². The van der Waals surface area contributed by atoms with Crippen LogP contribution in [0.15, 0.2) is 138 Å². The Balaban J connectivity index is 1.04. The summed E-state index contributed by atoms with van der Waals surface area (Å²) in [5, 5.41) is 5.97. The van der Waals surface area contributed by atoms with Crippen molar-refractivity contribution in [1.29, 1.82) is 0 Å². The van der Waals surface area contributed by atoms with Crippen LogP contribution in [-0.2, 0) is 5.41 Å². The van der Waals surface area contributed by atoms with E-state index in [4.69, 9.17) is 14.1 Å². The molecule has 10 aromatic rings. The van der Waals surface area contributed by atoms with Crippen LogP contribution in [-0.4, -0.2) is 16.2 Å². The molecule has 1 aliphatic rings. The highest BCUT2D eigenvalue weighted by Crippen LogP contribution is 2.52. The quantitative estimate of drug-likeness (QED) is 0.174. The Bertz CT molecular complexity index is 3270. The first-order chi connectivity index (χ1) is 28.1. The second-order valence-electron chi connectivity index (χ2n) is 16.7. The van der Waals surface area contributed by atoms with Gasteiger partial charge < -0.3 is 14.1 Å². The van der Waals surface area contributed by atoms with Gasteiger partial charge in [-0.2, -0.15) is 0 Å². The summed E-state index contributed by atoms with van der Waals surface area (Å²) in [4.78, 5) is 9.68. The number of para-hydroxylation sites is 1. The van der Waals surface area contributed by atoms with Crippen LogP contribution in [0.1, 0.15) is 43.0 Å². The van der Waals surface area contributed by atoms with E-state index in [1.54, 1.807) is 0 Å². The van der Waals surface area contributed by atoms with E-state index >= 15 is 0 Å². The molecule has 0 amide bonds. The van der Waals surface area contributed by atoms with Crippen LogP contribution < -0.4 is 14.5 Å². The number of thiophene rings is 1. The summed E-state index contributed by atoms with van der Waals surface area (Å²) in [6, 6.07) is 45.3. The molecule has 0 radical (unpaired) electrons. The average molecular weight is 775 g/mol. The molecule has 0 fully saturated rings. The van der Waals surface area contributed by atoms with Crippen molar-refractivity contribution in [2.24, 2.45) is 0 Å². The highest BCUT2D eigenvalue weighted by molar-refractivity contribution is 7.26. The second kappa shape index (κ2) is 12.7. The Morgan fingerprint density at radius 1 is 0.655 bits per heavy atom. The van der Waals surface area contributed by atoms with E-state index in [1.807, 2.05) is 29.7 Å². The maximum absolute atomic E-state index is 6.82. The number of fused-ring (bicyclic) bond motifs is 10. The third kappa shape index (κ3) is 5.33. The Morgan fingerprint density at radius 2 is 1.41 bits per heavy atom. The maximum Gasteiger partial charge on any atom is 0.226 e. The maximum atomic E-state index is 6.82. The summed E-state index contributed by atoms with van der Waals surface area (Å²) in [5.41, 5.74) is 11.3. The molecule has 4 aromatic heterocycles. The highest BCUT2D eigenvalue weighted by Gasteiger charge is 2.35. The molecular weight excluding hydrogens is 733 g/mol. The lowest BCUT2D eigenvalue weighted by Crippen LogP contribution is -2.25. The minimum atomic E-state index is -0.0339. The average Bonchev–Trinajstić information content (AvgIpc) is 3.96. The van der Waals surface area contributed by atoms with E-state index in [0.29, 0.717) is 6.67 Å². The lowest BCUT2D eigenvalue weighted by molar-refractivity contribution is 0.483. The smallest absolute Gasteiger partial charge is 0.226 e. The second-order valence-corrected chi connectivity index (χ2v) is 17.8. The van der Waals surface area contributed by atoms with Gasteiger partial charge in [0.05, 0.1) is 16.7 Å². The van der Waals surface area contributed by atoms with Crippen molar-refractivity contribution in [3.63, 3.8) is 0 Å². The van der Waals surface area contributed by atoms with Crippen LogP contribution in [0, 0.1) is 20.8 Å². The van der Waals surface area contributed by atoms with Gasteiger partial charge in [-0.05, 0) is 104 Å². The van der Waals surface area contributed by atoms with E-state index in [1.165, 1.54) is 59.0 Å². The van der Waals surface area contributed by atoms with Gasteiger partial charge in [0.1, 0.15) is 35.3 Å². The largest absolute Gasteiger partial charge is 0.457 e. The molecule has 0 saturated heterocycles. The molecule has 5 heterocycles. The van der Waals surface area contributed by atoms with Gasteiger partial charge in [-0.15, -0.1) is 11.3 Å². The van der Waals surface area contributed by atoms with Crippen LogP contribution in [0.3, 0.4) is 0 Å².